The Labute approximate surface area is 136 Å². The highest BCUT2D eigenvalue weighted by Gasteiger charge is 2.34. The van der Waals surface area contributed by atoms with Crippen molar-refractivity contribution in [3.63, 3.8) is 0 Å². The van der Waals surface area contributed by atoms with Crippen LogP contribution in [0.15, 0.2) is 42.9 Å². The van der Waals surface area contributed by atoms with Gasteiger partial charge < -0.3 is 10.0 Å². The average molecular weight is 311 g/mol. The number of carbonyl (C=O) groups is 1. The van der Waals surface area contributed by atoms with Crippen LogP contribution < -0.4 is 0 Å². The minimum atomic E-state index is -0.501. The normalized spacial score (nSPS) is 20.7. The van der Waals surface area contributed by atoms with Crippen molar-refractivity contribution in [2.75, 3.05) is 13.1 Å². The van der Waals surface area contributed by atoms with Crippen LogP contribution >= 0.6 is 0 Å². The summed E-state index contributed by atoms with van der Waals surface area (Å²) in [6.45, 7) is 2.99. The largest absolute Gasteiger partial charge is 0.391 e. The van der Waals surface area contributed by atoms with E-state index in [1.165, 1.54) is 0 Å². The number of benzene rings is 1. The van der Waals surface area contributed by atoms with Crippen LogP contribution in [0.3, 0.4) is 0 Å². The molecule has 1 aliphatic heterocycles. The van der Waals surface area contributed by atoms with Crippen molar-refractivity contribution in [1.82, 2.24) is 14.9 Å². The third kappa shape index (κ3) is 3.93. The first-order valence-electron chi connectivity index (χ1n) is 7.88. The van der Waals surface area contributed by atoms with E-state index in [1.54, 1.807) is 23.5 Å². The highest BCUT2D eigenvalue weighted by Crippen LogP contribution is 2.21. The van der Waals surface area contributed by atoms with Gasteiger partial charge in [0.15, 0.2) is 0 Å². The molecule has 1 amide bonds. The molecule has 23 heavy (non-hydrogen) atoms. The molecule has 0 aliphatic carbocycles. The third-order valence-corrected chi connectivity index (χ3v) is 4.29. The molecule has 120 valence electrons. The number of nitrogens with zero attached hydrogens (tertiary/aromatic N) is 3. The molecule has 2 heterocycles. The molecular weight excluding hydrogens is 290 g/mol. The molecule has 1 fully saturated rings. The number of amides is 1. The number of aromatic nitrogens is 2. The Hall–Kier alpha value is -2.27. The van der Waals surface area contributed by atoms with E-state index >= 15 is 0 Å². The van der Waals surface area contributed by atoms with Gasteiger partial charge in [0.05, 0.1) is 18.2 Å². The Kier molecular flexibility index (Phi) is 4.67. The molecule has 3 rings (SSSR count). The van der Waals surface area contributed by atoms with Crippen molar-refractivity contribution < 1.29 is 9.90 Å². The number of hydrogen-bond acceptors (Lipinski definition) is 4. The lowest BCUT2D eigenvalue weighted by atomic mass is 10.0. The summed E-state index contributed by atoms with van der Waals surface area (Å²) in [5, 5.41) is 10.2. The summed E-state index contributed by atoms with van der Waals surface area (Å²) in [6, 6.07) is 7.98. The van der Waals surface area contributed by atoms with E-state index in [2.05, 4.69) is 9.97 Å². The molecule has 2 unspecified atom stereocenters. The second kappa shape index (κ2) is 6.87. The number of aryl methyl sites for hydroxylation is 1. The molecule has 1 aromatic carbocycles. The van der Waals surface area contributed by atoms with Gasteiger partial charge in [0.2, 0.25) is 5.91 Å². The lowest BCUT2D eigenvalue weighted by Crippen LogP contribution is -2.31. The van der Waals surface area contributed by atoms with E-state index < -0.39 is 6.10 Å². The third-order valence-electron chi connectivity index (χ3n) is 4.29. The zero-order valence-electron chi connectivity index (χ0n) is 13.2. The van der Waals surface area contributed by atoms with Gasteiger partial charge in [-0.25, -0.2) is 0 Å². The van der Waals surface area contributed by atoms with Crippen molar-refractivity contribution >= 4 is 5.91 Å². The molecule has 0 spiro atoms. The average Bonchev–Trinajstić information content (AvgIpc) is 2.89. The van der Waals surface area contributed by atoms with Crippen molar-refractivity contribution in [3.05, 3.63) is 59.7 Å². The maximum Gasteiger partial charge on any atom is 0.227 e. The van der Waals surface area contributed by atoms with Gasteiger partial charge in [0, 0.05) is 37.6 Å². The van der Waals surface area contributed by atoms with Gasteiger partial charge in [-0.15, -0.1) is 0 Å². The summed E-state index contributed by atoms with van der Waals surface area (Å²) in [5.41, 5.74) is 3.02. The fraction of sp³-hybridized carbons (Fsp3) is 0.389. The molecule has 1 aliphatic rings. The van der Waals surface area contributed by atoms with Crippen LogP contribution in [-0.4, -0.2) is 45.1 Å². The van der Waals surface area contributed by atoms with Crippen molar-refractivity contribution in [1.29, 1.82) is 0 Å². The molecule has 0 bridgehead atoms. The second-order valence-corrected chi connectivity index (χ2v) is 6.19. The number of likely N-dealkylation sites (tertiary alicyclic amines) is 1. The summed E-state index contributed by atoms with van der Waals surface area (Å²) in [6.07, 6.45) is 5.52. The summed E-state index contributed by atoms with van der Waals surface area (Å²) in [7, 11) is 0. The topological polar surface area (TPSA) is 66.3 Å². The van der Waals surface area contributed by atoms with Crippen molar-refractivity contribution in [2.45, 2.75) is 25.9 Å². The standard InChI is InChI=1S/C18H21N3O2/c1-13-3-2-4-14(7-13)8-18(23)21-11-15(17(22)12-21)9-16-10-19-5-6-20-16/h2-7,10,15,17,22H,8-9,11-12H2,1H3. The van der Waals surface area contributed by atoms with Crippen molar-refractivity contribution in [2.24, 2.45) is 5.92 Å². The Morgan fingerprint density at radius 1 is 1.35 bits per heavy atom. The highest BCUT2D eigenvalue weighted by atomic mass is 16.3. The summed E-state index contributed by atoms with van der Waals surface area (Å²) >= 11 is 0. The van der Waals surface area contributed by atoms with E-state index in [4.69, 9.17) is 0 Å². The van der Waals surface area contributed by atoms with Crippen LogP contribution in [0.4, 0.5) is 0 Å². The predicted molar refractivity (Wildman–Crippen MR) is 86.7 cm³/mol. The Morgan fingerprint density at radius 3 is 2.96 bits per heavy atom. The lowest BCUT2D eigenvalue weighted by molar-refractivity contribution is -0.129. The first-order chi connectivity index (χ1) is 11.1. The van der Waals surface area contributed by atoms with Crippen LogP contribution in [0.25, 0.3) is 0 Å². The number of rotatable bonds is 4. The highest BCUT2D eigenvalue weighted by molar-refractivity contribution is 5.79. The van der Waals surface area contributed by atoms with Gasteiger partial charge in [-0.3, -0.25) is 14.8 Å². The molecule has 2 atom stereocenters. The predicted octanol–water partition coefficient (Wildman–Crippen LogP) is 1.39. The monoisotopic (exact) mass is 311 g/mol. The van der Waals surface area contributed by atoms with E-state index in [0.717, 1.165) is 16.8 Å². The summed E-state index contributed by atoms with van der Waals surface area (Å²) < 4.78 is 0. The fourth-order valence-corrected chi connectivity index (χ4v) is 3.07. The molecule has 1 aromatic heterocycles. The maximum absolute atomic E-state index is 12.5. The van der Waals surface area contributed by atoms with Gasteiger partial charge in [-0.2, -0.15) is 0 Å². The summed E-state index contributed by atoms with van der Waals surface area (Å²) in [4.78, 5) is 22.5. The van der Waals surface area contributed by atoms with E-state index in [1.807, 2.05) is 31.2 Å². The second-order valence-electron chi connectivity index (χ2n) is 6.19. The molecule has 5 heteroatoms. The first-order valence-corrected chi connectivity index (χ1v) is 7.88. The number of aliphatic hydroxyl groups is 1. The molecule has 1 saturated heterocycles. The van der Waals surface area contributed by atoms with E-state index in [-0.39, 0.29) is 11.8 Å². The fourth-order valence-electron chi connectivity index (χ4n) is 3.07. The van der Waals surface area contributed by atoms with Crippen LogP contribution in [0, 0.1) is 12.8 Å². The maximum atomic E-state index is 12.5. The molecule has 0 radical (unpaired) electrons. The molecule has 0 saturated carbocycles. The number of carbonyl (C=O) groups excluding carboxylic acids is 1. The minimum absolute atomic E-state index is 0.0214. The zero-order valence-corrected chi connectivity index (χ0v) is 13.2. The van der Waals surface area contributed by atoms with Gasteiger partial charge in [-0.1, -0.05) is 29.8 Å². The summed E-state index contributed by atoms with van der Waals surface area (Å²) in [5.74, 6) is 0.0875. The Balaban J connectivity index is 1.60. The first kappa shape index (κ1) is 15.6. The van der Waals surface area contributed by atoms with E-state index in [0.29, 0.717) is 25.9 Å². The number of aliphatic hydroxyl groups excluding tert-OH is 1. The van der Waals surface area contributed by atoms with Gasteiger partial charge in [0.1, 0.15) is 0 Å². The molecule has 1 N–H and O–H groups in total. The van der Waals surface area contributed by atoms with Crippen LogP contribution in [-0.2, 0) is 17.6 Å². The van der Waals surface area contributed by atoms with Gasteiger partial charge >= 0.3 is 0 Å². The van der Waals surface area contributed by atoms with E-state index in [9.17, 15) is 9.90 Å². The van der Waals surface area contributed by atoms with Crippen molar-refractivity contribution in [3.8, 4) is 0 Å². The molecular formula is C18H21N3O2. The smallest absolute Gasteiger partial charge is 0.227 e. The van der Waals surface area contributed by atoms with Crippen LogP contribution in [0.1, 0.15) is 16.8 Å². The Bertz CT molecular complexity index is 675. The molecule has 2 aromatic rings. The van der Waals surface area contributed by atoms with Crippen LogP contribution in [0.5, 0.6) is 0 Å². The SMILES string of the molecule is Cc1cccc(CC(=O)N2CC(O)C(Cc3cnccn3)C2)c1. The number of β-amino-alcohol motifs (C(OH)–C–C–N with tert-alkyl or cyclic N) is 1. The Morgan fingerprint density at radius 2 is 2.22 bits per heavy atom. The van der Waals surface area contributed by atoms with Gasteiger partial charge in [-0.05, 0) is 18.9 Å². The van der Waals surface area contributed by atoms with Gasteiger partial charge in [0.25, 0.3) is 0 Å². The zero-order chi connectivity index (χ0) is 16.2. The molecule has 5 nitrogen and oxygen atoms in total. The number of hydrogen-bond donors (Lipinski definition) is 1. The quantitative estimate of drug-likeness (QED) is 0.926. The lowest BCUT2D eigenvalue weighted by Gasteiger charge is -2.16. The van der Waals surface area contributed by atoms with Crippen LogP contribution in [0.2, 0.25) is 0 Å². The minimum Gasteiger partial charge on any atom is -0.391 e.